The third kappa shape index (κ3) is 4.51. The van der Waals surface area contributed by atoms with Crippen molar-refractivity contribution in [3.05, 3.63) is 29.8 Å². The number of carbonyl (C=O) groups excluding carboxylic acids is 2. The van der Waals surface area contributed by atoms with Crippen LogP contribution in [0.15, 0.2) is 29.2 Å². The number of rotatable bonds is 6. The molecule has 0 heterocycles. The molecule has 28 heavy (non-hydrogen) atoms. The smallest absolute Gasteiger partial charge is 0.338 e. The number of likely N-dealkylation sites (N-methyl/N-ethyl adjacent to an activating group) is 1. The molecule has 0 unspecified atom stereocenters. The molecular formula is C19H25N3O5S. The van der Waals surface area contributed by atoms with E-state index in [0.29, 0.717) is 12.8 Å². The topological polar surface area (TPSA) is 108 Å². The van der Waals surface area contributed by atoms with Crippen molar-refractivity contribution in [2.45, 2.75) is 42.5 Å². The Balaban J connectivity index is 2.06. The lowest BCUT2D eigenvalue weighted by molar-refractivity contribution is -0.138. The molecule has 0 aliphatic heterocycles. The number of benzene rings is 1. The van der Waals surface area contributed by atoms with E-state index in [1.165, 1.54) is 43.3 Å². The quantitative estimate of drug-likeness (QED) is 0.665. The minimum Gasteiger partial charge on any atom is -0.452 e. The number of carbonyl (C=O) groups is 2. The van der Waals surface area contributed by atoms with E-state index in [2.05, 4.69) is 6.07 Å². The van der Waals surface area contributed by atoms with Gasteiger partial charge in [0.2, 0.25) is 10.0 Å². The fourth-order valence-electron chi connectivity index (χ4n) is 3.20. The van der Waals surface area contributed by atoms with Crippen LogP contribution in [0.2, 0.25) is 0 Å². The number of amides is 1. The second-order valence-electron chi connectivity index (χ2n) is 7.05. The fourth-order valence-corrected chi connectivity index (χ4v) is 4.15. The molecule has 1 saturated carbocycles. The highest BCUT2D eigenvalue weighted by Gasteiger charge is 2.39. The van der Waals surface area contributed by atoms with Gasteiger partial charge in [0.1, 0.15) is 5.54 Å². The standard InChI is InChI=1S/C19H25N3O5S/c1-21(2)28(25,26)16-9-7-8-15(12-16)18(24)27-13-17(23)22(3)19(14-20)10-5-4-6-11-19/h7-9,12H,4-6,10-11,13H2,1-3H3. The van der Waals surface area contributed by atoms with E-state index in [1.807, 2.05) is 0 Å². The molecule has 8 nitrogen and oxygen atoms in total. The van der Waals surface area contributed by atoms with Gasteiger partial charge in [-0.05, 0) is 31.0 Å². The van der Waals surface area contributed by atoms with Crippen molar-refractivity contribution in [1.29, 1.82) is 5.26 Å². The number of hydrogen-bond donors (Lipinski definition) is 0. The summed E-state index contributed by atoms with van der Waals surface area (Å²) < 4.78 is 30.5. The Morgan fingerprint density at radius 3 is 2.39 bits per heavy atom. The number of ether oxygens (including phenoxy) is 1. The van der Waals surface area contributed by atoms with E-state index in [-0.39, 0.29) is 10.5 Å². The van der Waals surface area contributed by atoms with E-state index >= 15 is 0 Å². The Morgan fingerprint density at radius 1 is 1.18 bits per heavy atom. The Hall–Kier alpha value is -2.44. The first kappa shape index (κ1) is 21.9. The summed E-state index contributed by atoms with van der Waals surface area (Å²) in [7, 11) is 0.649. The highest BCUT2D eigenvalue weighted by Crippen LogP contribution is 2.32. The first-order valence-electron chi connectivity index (χ1n) is 9.02. The van der Waals surface area contributed by atoms with Crippen LogP contribution < -0.4 is 0 Å². The molecule has 1 aromatic rings. The summed E-state index contributed by atoms with van der Waals surface area (Å²) >= 11 is 0. The Morgan fingerprint density at radius 2 is 1.82 bits per heavy atom. The van der Waals surface area contributed by atoms with Gasteiger partial charge in [0.25, 0.3) is 5.91 Å². The molecular weight excluding hydrogens is 382 g/mol. The number of sulfonamides is 1. The van der Waals surface area contributed by atoms with Crippen molar-refractivity contribution in [2.24, 2.45) is 0 Å². The SMILES string of the molecule is CN(C(=O)COC(=O)c1cccc(S(=O)(=O)N(C)C)c1)C1(C#N)CCCCC1. The molecule has 2 rings (SSSR count). The molecule has 9 heteroatoms. The van der Waals surface area contributed by atoms with Crippen LogP contribution in [0.5, 0.6) is 0 Å². The molecule has 0 bridgehead atoms. The van der Waals surface area contributed by atoms with E-state index in [4.69, 9.17) is 4.74 Å². The summed E-state index contributed by atoms with van der Waals surface area (Å²) in [6, 6.07) is 7.70. The van der Waals surface area contributed by atoms with Gasteiger partial charge in [-0.15, -0.1) is 0 Å². The van der Waals surface area contributed by atoms with Crippen molar-refractivity contribution in [3.63, 3.8) is 0 Å². The van der Waals surface area contributed by atoms with E-state index < -0.39 is 34.0 Å². The minimum absolute atomic E-state index is 0.0334. The van der Waals surface area contributed by atoms with Crippen LogP contribution in [0, 0.1) is 11.3 Å². The number of esters is 1. The average molecular weight is 407 g/mol. The Labute approximate surface area is 165 Å². The van der Waals surface area contributed by atoms with Gasteiger partial charge in [0.15, 0.2) is 6.61 Å². The highest BCUT2D eigenvalue weighted by atomic mass is 32.2. The van der Waals surface area contributed by atoms with Gasteiger partial charge >= 0.3 is 5.97 Å². The average Bonchev–Trinajstić information content (AvgIpc) is 2.71. The van der Waals surface area contributed by atoms with Crippen LogP contribution in [0.4, 0.5) is 0 Å². The largest absolute Gasteiger partial charge is 0.452 e. The van der Waals surface area contributed by atoms with Crippen LogP contribution in [-0.4, -0.2) is 62.8 Å². The van der Waals surface area contributed by atoms with Crippen LogP contribution in [0.25, 0.3) is 0 Å². The fraction of sp³-hybridized carbons (Fsp3) is 0.526. The predicted octanol–water partition coefficient (Wildman–Crippen LogP) is 1.78. The lowest BCUT2D eigenvalue weighted by atomic mass is 9.81. The summed E-state index contributed by atoms with van der Waals surface area (Å²) in [5.41, 5.74) is -0.826. The normalized spacial score (nSPS) is 16.2. The molecule has 1 fully saturated rings. The maximum atomic E-state index is 12.5. The summed E-state index contributed by atoms with van der Waals surface area (Å²) in [6.07, 6.45) is 3.98. The van der Waals surface area contributed by atoms with Crippen molar-refractivity contribution in [2.75, 3.05) is 27.7 Å². The maximum absolute atomic E-state index is 12.5. The van der Waals surface area contributed by atoms with E-state index in [1.54, 1.807) is 7.05 Å². The molecule has 1 aliphatic carbocycles. The summed E-state index contributed by atoms with van der Waals surface area (Å²) in [4.78, 5) is 26.1. The molecule has 152 valence electrons. The molecule has 0 N–H and O–H groups in total. The lowest BCUT2D eigenvalue weighted by Gasteiger charge is -2.38. The van der Waals surface area contributed by atoms with E-state index in [9.17, 15) is 23.3 Å². The van der Waals surface area contributed by atoms with Gasteiger partial charge < -0.3 is 9.64 Å². The molecule has 0 spiro atoms. The predicted molar refractivity (Wildman–Crippen MR) is 102 cm³/mol. The Kier molecular flexibility index (Phi) is 6.80. The van der Waals surface area contributed by atoms with Crippen molar-refractivity contribution in [3.8, 4) is 6.07 Å². The van der Waals surface area contributed by atoms with Gasteiger partial charge in [-0.1, -0.05) is 25.3 Å². The molecule has 0 atom stereocenters. The third-order valence-corrected chi connectivity index (χ3v) is 6.89. The zero-order valence-corrected chi connectivity index (χ0v) is 17.2. The van der Waals surface area contributed by atoms with Crippen LogP contribution in [0.3, 0.4) is 0 Å². The number of hydrogen-bond acceptors (Lipinski definition) is 6. The third-order valence-electron chi connectivity index (χ3n) is 5.08. The van der Waals surface area contributed by atoms with Gasteiger partial charge in [-0.2, -0.15) is 5.26 Å². The Bertz CT molecular complexity index is 883. The van der Waals surface area contributed by atoms with Gasteiger partial charge in [0, 0.05) is 21.1 Å². The number of nitriles is 1. The van der Waals surface area contributed by atoms with Gasteiger partial charge in [-0.3, -0.25) is 4.79 Å². The monoisotopic (exact) mass is 407 g/mol. The zero-order chi connectivity index (χ0) is 20.9. The zero-order valence-electron chi connectivity index (χ0n) is 16.3. The lowest BCUT2D eigenvalue weighted by Crippen LogP contribution is -2.51. The number of nitrogens with zero attached hydrogens (tertiary/aromatic N) is 3. The summed E-state index contributed by atoms with van der Waals surface area (Å²) in [6.45, 7) is -0.510. The summed E-state index contributed by atoms with van der Waals surface area (Å²) in [5.74, 6) is -1.26. The van der Waals surface area contributed by atoms with Gasteiger partial charge in [0.05, 0.1) is 16.5 Å². The highest BCUT2D eigenvalue weighted by molar-refractivity contribution is 7.89. The second kappa shape index (κ2) is 8.71. The minimum atomic E-state index is -3.69. The van der Waals surface area contributed by atoms with Gasteiger partial charge in [-0.25, -0.2) is 17.5 Å². The molecule has 0 aromatic heterocycles. The van der Waals surface area contributed by atoms with Crippen molar-refractivity contribution in [1.82, 2.24) is 9.21 Å². The van der Waals surface area contributed by atoms with E-state index in [0.717, 1.165) is 23.6 Å². The molecule has 1 amide bonds. The molecule has 1 aromatic carbocycles. The molecule has 0 saturated heterocycles. The maximum Gasteiger partial charge on any atom is 0.338 e. The van der Waals surface area contributed by atoms with Crippen LogP contribution >= 0.6 is 0 Å². The molecule has 0 radical (unpaired) electrons. The van der Waals surface area contributed by atoms with Crippen molar-refractivity contribution < 1.29 is 22.7 Å². The second-order valence-corrected chi connectivity index (χ2v) is 9.20. The molecule has 1 aliphatic rings. The summed E-state index contributed by atoms with van der Waals surface area (Å²) in [5, 5.41) is 9.56. The van der Waals surface area contributed by atoms with Crippen LogP contribution in [0.1, 0.15) is 42.5 Å². The first-order chi connectivity index (χ1) is 13.1. The van der Waals surface area contributed by atoms with Crippen molar-refractivity contribution >= 4 is 21.9 Å². The van der Waals surface area contributed by atoms with Crippen LogP contribution in [-0.2, 0) is 19.6 Å². The first-order valence-corrected chi connectivity index (χ1v) is 10.5.